The van der Waals surface area contributed by atoms with Crippen LogP contribution in [0.25, 0.3) is 0 Å². The van der Waals surface area contributed by atoms with Crippen molar-refractivity contribution < 1.29 is 23.7 Å². The highest BCUT2D eigenvalue weighted by atomic mass is 16.5. The molecule has 144 valence electrons. The number of methoxy groups -OCH3 is 1. The summed E-state index contributed by atoms with van der Waals surface area (Å²) in [5, 5.41) is 0. The van der Waals surface area contributed by atoms with Crippen LogP contribution >= 0.6 is 0 Å². The molecule has 3 rings (SSSR count). The van der Waals surface area contributed by atoms with E-state index >= 15 is 0 Å². The summed E-state index contributed by atoms with van der Waals surface area (Å²) in [6.07, 6.45) is 0. The molecule has 5 heteroatoms. The molecular formula is C23H22O5. The number of ether oxygens (including phenoxy) is 4. The van der Waals surface area contributed by atoms with Crippen molar-refractivity contribution in [3.8, 4) is 23.0 Å². The first-order chi connectivity index (χ1) is 13.7. The van der Waals surface area contributed by atoms with Crippen molar-refractivity contribution in [3.63, 3.8) is 0 Å². The fourth-order valence-corrected chi connectivity index (χ4v) is 2.63. The Morgan fingerprint density at radius 1 is 0.857 bits per heavy atom. The second-order valence-corrected chi connectivity index (χ2v) is 5.90. The normalized spacial score (nSPS) is 10.2. The Kier molecular flexibility index (Phi) is 6.52. The Morgan fingerprint density at radius 2 is 1.61 bits per heavy atom. The van der Waals surface area contributed by atoms with E-state index in [1.54, 1.807) is 18.2 Å². The van der Waals surface area contributed by atoms with Crippen LogP contribution in [0.5, 0.6) is 23.0 Å². The Labute approximate surface area is 164 Å². The van der Waals surface area contributed by atoms with Gasteiger partial charge in [-0.15, -0.1) is 0 Å². The first kappa shape index (κ1) is 19.3. The summed E-state index contributed by atoms with van der Waals surface area (Å²) < 4.78 is 22.1. The lowest BCUT2D eigenvalue weighted by atomic mass is 10.2. The largest absolute Gasteiger partial charge is 0.493 e. The van der Waals surface area contributed by atoms with Crippen molar-refractivity contribution in [1.29, 1.82) is 0 Å². The molecule has 5 nitrogen and oxygen atoms in total. The molecule has 0 aromatic heterocycles. The van der Waals surface area contributed by atoms with E-state index in [1.807, 2.05) is 61.5 Å². The molecule has 0 unspecified atom stereocenters. The SMILES string of the molecule is CCOc1ccc(C(=O)OCc2ccccc2Oc2ccccc2)cc1OC. The molecule has 0 saturated carbocycles. The molecule has 28 heavy (non-hydrogen) atoms. The van der Waals surface area contributed by atoms with Crippen LogP contribution in [0.3, 0.4) is 0 Å². The van der Waals surface area contributed by atoms with Gasteiger partial charge in [-0.3, -0.25) is 0 Å². The third-order valence-electron chi connectivity index (χ3n) is 4.00. The number of rotatable bonds is 8. The Hall–Kier alpha value is -3.47. The fraction of sp³-hybridized carbons (Fsp3) is 0.174. The Balaban J connectivity index is 1.70. The number of hydrogen-bond donors (Lipinski definition) is 0. The molecule has 3 aromatic rings. The van der Waals surface area contributed by atoms with E-state index in [2.05, 4.69) is 0 Å². The van der Waals surface area contributed by atoms with Gasteiger partial charge in [-0.25, -0.2) is 4.79 Å². The average Bonchev–Trinajstić information content (AvgIpc) is 2.74. The first-order valence-corrected chi connectivity index (χ1v) is 9.00. The van der Waals surface area contributed by atoms with Gasteiger partial charge in [-0.2, -0.15) is 0 Å². The van der Waals surface area contributed by atoms with Crippen LogP contribution in [-0.2, 0) is 11.3 Å². The second-order valence-electron chi connectivity index (χ2n) is 5.90. The lowest BCUT2D eigenvalue weighted by Gasteiger charge is -2.13. The number of para-hydroxylation sites is 2. The van der Waals surface area contributed by atoms with E-state index < -0.39 is 5.97 Å². The van der Waals surface area contributed by atoms with Crippen molar-refractivity contribution in [2.45, 2.75) is 13.5 Å². The maximum atomic E-state index is 12.5. The van der Waals surface area contributed by atoms with Crippen LogP contribution in [0.1, 0.15) is 22.8 Å². The lowest BCUT2D eigenvalue weighted by molar-refractivity contribution is 0.0470. The smallest absolute Gasteiger partial charge is 0.338 e. The molecule has 0 radical (unpaired) electrons. The lowest BCUT2D eigenvalue weighted by Crippen LogP contribution is -2.07. The predicted octanol–water partition coefficient (Wildman–Crippen LogP) is 5.24. The molecule has 0 fully saturated rings. The molecule has 0 bridgehead atoms. The zero-order valence-corrected chi connectivity index (χ0v) is 15.9. The van der Waals surface area contributed by atoms with Crippen molar-refractivity contribution in [1.82, 2.24) is 0 Å². The third kappa shape index (κ3) is 4.82. The molecule has 0 aliphatic carbocycles. The van der Waals surface area contributed by atoms with Crippen molar-refractivity contribution in [2.75, 3.05) is 13.7 Å². The molecule has 0 atom stereocenters. The maximum absolute atomic E-state index is 12.5. The topological polar surface area (TPSA) is 54.0 Å². The molecule has 0 amide bonds. The van der Waals surface area contributed by atoms with Crippen LogP contribution in [0, 0.1) is 0 Å². The molecule has 3 aromatic carbocycles. The number of carbonyl (C=O) groups is 1. The molecule has 0 aliphatic heterocycles. The van der Waals surface area contributed by atoms with Gasteiger partial charge < -0.3 is 18.9 Å². The average molecular weight is 378 g/mol. The van der Waals surface area contributed by atoms with Crippen LogP contribution < -0.4 is 14.2 Å². The third-order valence-corrected chi connectivity index (χ3v) is 4.00. The van der Waals surface area contributed by atoms with Crippen molar-refractivity contribution in [3.05, 3.63) is 83.9 Å². The number of benzene rings is 3. The van der Waals surface area contributed by atoms with E-state index in [0.717, 1.165) is 11.3 Å². The summed E-state index contributed by atoms with van der Waals surface area (Å²) in [7, 11) is 1.53. The highest BCUT2D eigenvalue weighted by Crippen LogP contribution is 2.29. The summed E-state index contributed by atoms with van der Waals surface area (Å²) in [4.78, 5) is 12.5. The van der Waals surface area contributed by atoms with Gasteiger partial charge in [0.1, 0.15) is 18.1 Å². The monoisotopic (exact) mass is 378 g/mol. The maximum Gasteiger partial charge on any atom is 0.338 e. The summed E-state index contributed by atoms with van der Waals surface area (Å²) in [5.74, 6) is 1.99. The predicted molar refractivity (Wildman–Crippen MR) is 106 cm³/mol. The first-order valence-electron chi connectivity index (χ1n) is 9.00. The molecule has 0 heterocycles. The minimum absolute atomic E-state index is 0.0946. The van der Waals surface area contributed by atoms with Gasteiger partial charge in [0.05, 0.1) is 19.3 Å². The minimum Gasteiger partial charge on any atom is -0.493 e. The summed E-state index contributed by atoms with van der Waals surface area (Å²) in [6.45, 7) is 2.49. The van der Waals surface area contributed by atoms with Gasteiger partial charge in [-0.1, -0.05) is 36.4 Å². The van der Waals surface area contributed by atoms with Gasteiger partial charge in [0.25, 0.3) is 0 Å². The summed E-state index contributed by atoms with van der Waals surface area (Å²) in [6, 6.07) is 21.9. The van der Waals surface area contributed by atoms with Crippen LogP contribution in [0.15, 0.2) is 72.8 Å². The number of carbonyl (C=O) groups excluding carboxylic acids is 1. The van der Waals surface area contributed by atoms with Gasteiger partial charge >= 0.3 is 5.97 Å². The highest BCUT2D eigenvalue weighted by Gasteiger charge is 2.14. The summed E-state index contributed by atoms with van der Waals surface area (Å²) in [5.41, 5.74) is 1.17. The Morgan fingerprint density at radius 3 is 2.36 bits per heavy atom. The molecule has 0 aliphatic rings. The fourth-order valence-electron chi connectivity index (χ4n) is 2.63. The zero-order chi connectivity index (χ0) is 19.8. The molecule has 0 spiro atoms. The second kappa shape index (κ2) is 9.46. The van der Waals surface area contributed by atoms with Gasteiger partial charge in [0.15, 0.2) is 11.5 Å². The summed E-state index contributed by atoms with van der Waals surface area (Å²) >= 11 is 0. The van der Waals surface area contributed by atoms with Crippen molar-refractivity contribution in [2.24, 2.45) is 0 Å². The van der Waals surface area contributed by atoms with E-state index in [0.29, 0.717) is 29.4 Å². The van der Waals surface area contributed by atoms with Gasteiger partial charge in [0.2, 0.25) is 0 Å². The van der Waals surface area contributed by atoms with E-state index in [9.17, 15) is 4.79 Å². The van der Waals surface area contributed by atoms with E-state index in [4.69, 9.17) is 18.9 Å². The van der Waals surface area contributed by atoms with E-state index in [1.165, 1.54) is 7.11 Å². The number of esters is 1. The molecule has 0 N–H and O–H groups in total. The standard InChI is InChI=1S/C23H22O5/c1-3-26-21-14-13-17(15-22(21)25-2)23(24)27-16-18-9-7-8-12-20(18)28-19-10-5-4-6-11-19/h4-15H,3,16H2,1-2H3. The number of hydrogen-bond acceptors (Lipinski definition) is 5. The van der Waals surface area contributed by atoms with Gasteiger partial charge in [-0.05, 0) is 43.3 Å². The van der Waals surface area contributed by atoms with Gasteiger partial charge in [0, 0.05) is 5.56 Å². The quantitative estimate of drug-likeness (QED) is 0.502. The van der Waals surface area contributed by atoms with Crippen LogP contribution in [-0.4, -0.2) is 19.7 Å². The Bertz CT molecular complexity index is 921. The van der Waals surface area contributed by atoms with Crippen LogP contribution in [0.4, 0.5) is 0 Å². The minimum atomic E-state index is -0.448. The highest BCUT2D eigenvalue weighted by molar-refractivity contribution is 5.90. The zero-order valence-electron chi connectivity index (χ0n) is 15.9. The molecular weight excluding hydrogens is 356 g/mol. The van der Waals surface area contributed by atoms with Crippen LogP contribution in [0.2, 0.25) is 0 Å². The van der Waals surface area contributed by atoms with E-state index in [-0.39, 0.29) is 6.61 Å². The van der Waals surface area contributed by atoms with Crippen molar-refractivity contribution >= 4 is 5.97 Å². The molecule has 0 saturated heterocycles.